The smallest absolute Gasteiger partial charge is 0.310 e. The first-order valence-corrected chi connectivity index (χ1v) is 10.6. The van der Waals surface area contributed by atoms with Gasteiger partial charge in [0.15, 0.2) is 0 Å². The fourth-order valence-corrected chi connectivity index (χ4v) is 4.61. The van der Waals surface area contributed by atoms with Crippen LogP contribution in [0.25, 0.3) is 0 Å². The summed E-state index contributed by atoms with van der Waals surface area (Å²) in [6.07, 6.45) is 2.82. The lowest BCUT2D eigenvalue weighted by molar-refractivity contribution is -0.148. The number of nitrogens with one attached hydrogen (secondary N) is 3. The molecule has 0 radical (unpaired) electrons. The molecule has 4 N–H and O–H groups in total. The molecule has 2 aromatic rings. The molecule has 2 saturated heterocycles. The van der Waals surface area contributed by atoms with Gasteiger partial charge in [-0.1, -0.05) is 30.3 Å². The molecule has 5 atom stereocenters. The summed E-state index contributed by atoms with van der Waals surface area (Å²) in [6.45, 7) is 0.523. The first kappa shape index (κ1) is 21.1. The summed E-state index contributed by atoms with van der Waals surface area (Å²) < 4.78 is 5.68. The number of H-pyrrole nitrogens is 1. The van der Waals surface area contributed by atoms with E-state index < -0.39 is 29.8 Å². The van der Waals surface area contributed by atoms with Gasteiger partial charge in [-0.25, -0.2) is 0 Å². The Labute approximate surface area is 180 Å². The molecular weight excluding hydrogens is 398 g/mol. The van der Waals surface area contributed by atoms with E-state index in [0.717, 1.165) is 11.3 Å². The molecular formula is C23H27N3O5. The number of carbonyl (C=O) groups excluding carboxylic acids is 2. The maximum Gasteiger partial charge on any atom is 0.310 e. The van der Waals surface area contributed by atoms with Crippen LogP contribution in [0.1, 0.15) is 24.1 Å². The lowest BCUT2D eigenvalue weighted by Crippen LogP contribution is -2.47. The Kier molecular flexibility index (Phi) is 6.36. The molecule has 2 bridgehead atoms. The molecule has 8 heteroatoms. The lowest BCUT2D eigenvalue weighted by atomic mass is 9.78. The zero-order valence-electron chi connectivity index (χ0n) is 17.1. The fourth-order valence-electron chi connectivity index (χ4n) is 4.61. The summed E-state index contributed by atoms with van der Waals surface area (Å²) in [5.41, 5.74) is 1.88. The van der Waals surface area contributed by atoms with Crippen LogP contribution in [0.4, 0.5) is 0 Å². The van der Waals surface area contributed by atoms with Crippen molar-refractivity contribution in [1.82, 2.24) is 15.6 Å². The predicted molar refractivity (Wildman–Crippen MR) is 112 cm³/mol. The third kappa shape index (κ3) is 4.80. The van der Waals surface area contributed by atoms with Crippen LogP contribution in [-0.2, 0) is 32.1 Å². The zero-order chi connectivity index (χ0) is 21.8. The van der Waals surface area contributed by atoms with Gasteiger partial charge in [0.05, 0.1) is 30.0 Å². The minimum atomic E-state index is -1.00. The van der Waals surface area contributed by atoms with E-state index in [1.54, 1.807) is 6.20 Å². The Morgan fingerprint density at radius 3 is 2.45 bits per heavy atom. The number of benzene rings is 1. The largest absolute Gasteiger partial charge is 0.481 e. The van der Waals surface area contributed by atoms with Gasteiger partial charge >= 0.3 is 5.97 Å². The summed E-state index contributed by atoms with van der Waals surface area (Å²) in [5, 5.41) is 15.3. The quantitative estimate of drug-likeness (QED) is 0.485. The number of hydrogen-bond donors (Lipinski definition) is 4. The standard InChI is InChI=1S/C23H27N3O5/c27-21(25-12-14-5-2-1-3-6-14)15(11-16-7-4-10-24-16)13-26-22(28)19-17-8-9-18(31-17)20(19)23(29)30/h1-7,10,15,17-20,24H,8-9,11-13H2,(H,25,27)(H,26,28)(H,29,30)/t15?,17-,18+,19?,20?/m1/s1. The van der Waals surface area contributed by atoms with Gasteiger partial charge in [0.1, 0.15) is 0 Å². The zero-order valence-corrected chi connectivity index (χ0v) is 17.1. The van der Waals surface area contributed by atoms with E-state index in [1.807, 2.05) is 42.5 Å². The van der Waals surface area contributed by atoms with Crippen LogP contribution in [0.5, 0.6) is 0 Å². The topological polar surface area (TPSA) is 121 Å². The number of hydrogen-bond acceptors (Lipinski definition) is 4. The normalized spacial score (nSPS) is 25.2. The highest BCUT2D eigenvalue weighted by atomic mass is 16.5. The molecule has 2 amide bonds. The molecule has 0 spiro atoms. The number of aromatic nitrogens is 1. The molecule has 1 aromatic carbocycles. The SMILES string of the molecule is O=C(NCc1ccccc1)C(CNC(=O)C1C(C(=O)O)[C@@H]2CC[C@H]1O2)Cc1ccc[nH]1. The van der Waals surface area contributed by atoms with Gasteiger partial charge in [-0.15, -0.1) is 0 Å². The molecule has 4 rings (SSSR count). The highest BCUT2D eigenvalue weighted by Crippen LogP contribution is 2.43. The summed E-state index contributed by atoms with van der Waals surface area (Å²) in [6, 6.07) is 13.4. The van der Waals surface area contributed by atoms with Crippen LogP contribution in [-0.4, -0.2) is 46.6 Å². The molecule has 0 aliphatic carbocycles. The molecule has 2 aliphatic heterocycles. The molecule has 3 unspecified atom stereocenters. The van der Waals surface area contributed by atoms with Crippen molar-refractivity contribution < 1.29 is 24.2 Å². The number of amides is 2. The average Bonchev–Trinajstić information content (AvgIpc) is 3.53. The van der Waals surface area contributed by atoms with Gasteiger partial charge in [-0.05, 0) is 30.5 Å². The van der Waals surface area contributed by atoms with Crippen molar-refractivity contribution in [2.75, 3.05) is 6.54 Å². The Balaban J connectivity index is 1.39. The number of ether oxygens (including phenoxy) is 1. The van der Waals surface area contributed by atoms with E-state index in [2.05, 4.69) is 15.6 Å². The highest BCUT2D eigenvalue weighted by Gasteiger charge is 2.55. The number of aromatic amines is 1. The maximum atomic E-state index is 12.9. The van der Waals surface area contributed by atoms with Gasteiger partial charge in [0.25, 0.3) is 0 Å². The van der Waals surface area contributed by atoms with Crippen LogP contribution in [0.2, 0.25) is 0 Å². The van der Waals surface area contributed by atoms with Crippen LogP contribution in [0.3, 0.4) is 0 Å². The van der Waals surface area contributed by atoms with E-state index in [4.69, 9.17) is 4.74 Å². The predicted octanol–water partition coefficient (Wildman–Crippen LogP) is 1.48. The molecule has 0 saturated carbocycles. The molecule has 31 heavy (non-hydrogen) atoms. The van der Waals surface area contributed by atoms with Crippen LogP contribution in [0, 0.1) is 17.8 Å². The van der Waals surface area contributed by atoms with Gasteiger partial charge in [-0.3, -0.25) is 14.4 Å². The Morgan fingerprint density at radius 2 is 1.77 bits per heavy atom. The molecule has 2 aliphatic rings. The molecule has 3 heterocycles. The first-order valence-electron chi connectivity index (χ1n) is 10.6. The van der Waals surface area contributed by atoms with E-state index in [9.17, 15) is 19.5 Å². The van der Waals surface area contributed by atoms with Gasteiger partial charge in [0.2, 0.25) is 11.8 Å². The molecule has 8 nitrogen and oxygen atoms in total. The molecule has 2 fully saturated rings. The van der Waals surface area contributed by atoms with Crippen molar-refractivity contribution in [3.05, 3.63) is 59.9 Å². The number of carboxylic acid groups (broad SMARTS) is 1. The Hall–Kier alpha value is -3.13. The van der Waals surface area contributed by atoms with Gasteiger partial charge in [0, 0.05) is 31.4 Å². The van der Waals surface area contributed by atoms with Crippen molar-refractivity contribution in [1.29, 1.82) is 0 Å². The summed E-state index contributed by atoms with van der Waals surface area (Å²) in [5.74, 6) is -3.56. The third-order valence-corrected chi connectivity index (χ3v) is 6.19. The van der Waals surface area contributed by atoms with Crippen molar-refractivity contribution in [3.63, 3.8) is 0 Å². The highest BCUT2D eigenvalue weighted by molar-refractivity contribution is 5.87. The second kappa shape index (κ2) is 9.34. The Bertz CT molecular complexity index is 915. The second-order valence-corrected chi connectivity index (χ2v) is 8.23. The molecule has 164 valence electrons. The number of carbonyl (C=O) groups is 3. The van der Waals surface area contributed by atoms with Crippen LogP contribution in [0.15, 0.2) is 48.7 Å². The maximum absolute atomic E-state index is 12.9. The van der Waals surface area contributed by atoms with E-state index >= 15 is 0 Å². The van der Waals surface area contributed by atoms with E-state index in [0.29, 0.717) is 25.8 Å². The number of carboxylic acids is 1. The minimum absolute atomic E-state index is 0.124. The summed E-state index contributed by atoms with van der Waals surface area (Å²) >= 11 is 0. The van der Waals surface area contributed by atoms with Crippen LogP contribution < -0.4 is 10.6 Å². The minimum Gasteiger partial charge on any atom is -0.481 e. The van der Waals surface area contributed by atoms with Crippen molar-refractivity contribution in [2.24, 2.45) is 17.8 Å². The van der Waals surface area contributed by atoms with Crippen LogP contribution >= 0.6 is 0 Å². The van der Waals surface area contributed by atoms with Crippen molar-refractivity contribution in [2.45, 2.75) is 38.0 Å². The summed E-state index contributed by atoms with van der Waals surface area (Å²) in [7, 11) is 0. The lowest BCUT2D eigenvalue weighted by Gasteiger charge is -2.25. The van der Waals surface area contributed by atoms with Gasteiger partial charge in [-0.2, -0.15) is 0 Å². The first-order chi connectivity index (χ1) is 15.0. The second-order valence-electron chi connectivity index (χ2n) is 8.23. The summed E-state index contributed by atoms with van der Waals surface area (Å²) in [4.78, 5) is 40.5. The van der Waals surface area contributed by atoms with E-state index in [-0.39, 0.29) is 24.5 Å². The van der Waals surface area contributed by atoms with Gasteiger partial charge < -0.3 is 25.5 Å². The fraction of sp³-hybridized carbons (Fsp3) is 0.435. The molecule has 1 aromatic heterocycles. The monoisotopic (exact) mass is 425 g/mol. The number of fused-ring (bicyclic) bond motifs is 2. The number of aliphatic carboxylic acids is 1. The number of rotatable bonds is 9. The average molecular weight is 425 g/mol. The van der Waals surface area contributed by atoms with E-state index in [1.165, 1.54) is 0 Å². The van der Waals surface area contributed by atoms with Crippen molar-refractivity contribution in [3.8, 4) is 0 Å². The Morgan fingerprint density at radius 1 is 1.03 bits per heavy atom. The van der Waals surface area contributed by atoms with Crippen molar-refractivity contribution >= 4 is 17.8 Å². The third-order valence-electron chi connectivity index (χ3n) is 6.19.